The van der Waals surface area contributed by atoms with Crippen LogP contribution in [0.2, 0.25) is 0 Å². The number of allylic oxidation sites excluding steroid dienone is 1. The maximum absolute atomic E-state index is 13.3. The highest BCUT2D eigenvalue weighted by molar-refractivity contribution is 6.03. The van der Waals surface area contributed by atoms with Gasteiger partial charge in [-0.2, -0.15) is 0 Å². The van der Waals surface area contributed by atoms with Crippen LogP contribution in [0.5, 0.6) is 0 Å². The van der Waals surface area contributed by atoms with Crippen molar-refractivity contribution in [3.63, 3.8) is 0 Å². The molecule has 4 rings (SSSR count). The molecule has 34 heavy (non-hydrogen) atoms. The summed E-state index contributed by atoms with van der Waals surface area (Å²) in [7, 11) is 1.31. The average molecular weight is 461 g/mol. The summed E-state index contributed by atoms with van der Waals surface area (Å²) in [5, 5.41) is 6.10. The summed E-state index contributed by atoms with van der Waals surface area (Å²) in [6.07, 6.45) is 3.86. The molecule has 7 nitrogen and oxygen atoms in total. The summed E-state index contributed by atoms with van der Waals surface area (Å²) >= 11 is 0. The minimum absolute atomic E-state index is 0.0408. The Labute approximate surface area is 200 Å². The predicted octanol–water partition coefficient (Wildman–Crippen LogP) is 4.99. The number of benzene rings is 2. The molecule has 2 heterocycles. The minimum Gasteiger partial charge on any atom is -0.453 e. The second kappa shape index (κ2) is 10.5. The number of methoxy groups -OCH3 is 1. The number of aliphatic imine (C=N–C) groups is 1. The second-order valence-electron chi connectivity index (χ2n) is 9.07. The third-order valence-electron chi connectivity index (χ3n) is 6.39. The Morgan fingerprint density at radius 2 is 1.76 bits per heavy atom. The van der Waals surface area contributed by atoms with Crippen molar-refractivity contribution in [2.45, 2.75) is 45.2 Å². The van der Waals surface area contributed by atoms with Crippen LogP contribution in [0.15, 0.2) is 65.8 Å². The normalized spacial score (nSPS) is 18.4. The van der Waals surface area contributed by atoms with Crippen LogP contribution in [0.1, 0.15) is 38.7 Å². The van der Waals surface area contributed by atoms with Crippen molar-refractivity contribution in [1.82, 2.24) is 10.2 Å². The molecule has 2 aromatic carbocycles. The van der Waals surface area contributed by atoms with Crippen molar-refractivity contribution in [3.05, 3.63) is 66.4 Å². The van der Waals surface area contributed by atoms with E-state index in [2.05, 4.69) is 34.9 Å². The number of nitrogens with one attached hydrogen (secondary N) is 2. The number of amides is 2. The van der Waals surface area contributed by atoms with Crippen molar-refractivity contribution >= 4 is 34.7 Å². The van der Waals surface area contributed by atoms with Crippen LogP contribution in [-0.4, -0.2) is 48.4 Å². The first-order chi connectivity index (χ1) is 16.5. The van der Waals surface area contributed by atoms with Crippen molar-refractivity contribution in [2.75, 3.05) is 19.0 Å². The highest BCUT2D eigenvalue weighted by Crippen LogP contribution is 2.31. The van der Waals surface area contributed by atoms with Gasteiger partial charge in [-0.15, -0.1) is 0 Å². The summed E-state index contributed by atoms with van der Waals surface area (Å²) in [5.74, 6) is -0.120. The van der Waals surface area contributed by atoms with Crippen LogP contribution >= 0.6 is 0 Å². The summed E-state index contributed by atoms with van der Waals surface area (Å²) < 4.78 is 4.72. The molecule has 2 aromatic rings. The number of carbonyl (C=O) groups excluding carboxylic acids is 2. The van der Waals surface area contributed by atoms with Gasteiger partial charge in [-0.3, -0.25) is 9.79 Å². The number of likely N-dealkylation sites (tertiary alicyclic amines) is 1. The van der Waals surface area contributed by atoms with Gasteiger partial charge >= 0.3 is 6.09 Å². The predicted molar refractivity (Wildman–Crippen MR) is 135 cm³/mol. The van der Waals surface area contributed by atoms with E-state index in [1.807, 2.05) is 55.3 Å². The third-order valence-corrected chi connectivity index (χ3v) is 6.39. The van der Waals surface area contributed by atoms with Gasteiger partial charge in [0.2, 0.25) is 5.91 Å². The third kappa shape index (κ3) is 5.30. The van der Waals surface area contributed by atoms with E-state index < -0.39 is 12.1 Å². The Hall–Kier alpha value is -3.61. The van der Waals surface area contributed by atoms with Crippen molar-refractivity contribution < 1.29 is 14.3 Å². The van der Waals surface area contributed by atoms with Gasteiger partial charge in [0.05, 0.1) is 13.2 Å². The maximum atomic E-state index is 13.3. The van der Waals surface area contributed by atoms with E-state index in [0.29, 0.717) is 6.54 Å². The van der Waals surface area contributed by atoms with E-state index >= 15 is 0 Å². The molecule has 1 fully saturated rings. The molecule has 0 saturated carbocycles. The lowest BCUT2D eigenvalue weighted by Gasteiger charge is -2.31. The molecule has 2 amide bonds. The molecule has 0 aromatic heterocycles. The fourth-order valence-corrected chi connectivity index (χ4v) is 4.54. The van der Waals surface area contributed by atoms with Crippen molar-refractivity contribution in [2.24, 2.45) is 10.9 Å². The van der Waals surface area contributed by atoms with Gasteiger partial charge in [0, 0.05) is 36.3 Å². The zero-order chi connectivity index (χ0) is 24.1. The molecule has 0 spiro atoms. The van der Waals surface area contributed by atoms with E-state index in [-0.39, 0.29) is 17.9 Å². The zero-order valence-corrected chi connectivity index (χ0v) is 20.0. The first-order valence-electron chi connectivity index (χ1n) is 11.8. The van der Waals surface area contributed by atoms with Crippen LogP contribution in [0.3, 0.4) is 0 Å². The summed E-state index contributed by atoms with van der Waals surface area (Å²) in [5.41, 5.74) is 5.36. The highest BCUT2D eigenvalue weighted by Gasteiger charge is 2.38. The molecule has 0 radical (unpaired) electrons. The SMILES string of the molecule is COC(=O)N[C@H](C(=O)N1CCC[C@H]1C1=NC=C(c2ccc(Nc3ccccc3)cc2)C1)C(C)C. The van der Waals surface area contributed by atoms with Crippen LogP contribution < -0.4 is 10.6 Å². The number of para-hydroxylation sites is 1. The fraction of sp³-hybridized carbons (Fsp3) is 0.370. The number of hydrogen-bond donors (Lipinski definition) is 2. The number of anilines is 2. The number of nitrogens with zero attached hydrogens (tertiary/aromatic N) is 2. The van der Waals surface area contributed by atoms with E-state index in [0.717, 1.165) is 47.5 Å². The maximum Gasteiger partial charge on any atom is 0.407 e. The molecule has 2 aliphatic heterocycles. The minimum atomic E-state index is -0.618. The van der Waals surface area contributed by atoms with Gasteiger partial charge < -0.3 is 20.3 Å². The van der Waals surface area contributed by atoms with Gasteiger partial charge in [-0.25, -0.2) is 4.79 Å². The number of ether oxygens (including phenoxy) is 1. The Kier molecular flexibility index (Phi) is 7.30. The molecular weight excluding hydrogens is 428 g/mol. The average Bonchev–Trinajstić information content (AvgIpc) is 3.53. The van der Waals surface area contributed by atoms with Crippen LogP contribution in [0.4, 0.5) is 16.2 Å². The number of hydrogen-bond acceptors (Lipinski definition) is 5. The largest absolute Gasteiger partial charge is 0.453 e. The standard InChI is InChI=1S/C27H32N4O3/c1-18(2)25(30-27(33)34-3)26(32)31-15-7-10-24(31)23-16-20(17-28-23)19-11-13-22(14-12-19)29-21-8-5-4-6-9-21/h4-6,8-9,11-14,17-18,24-25,29H,7,10,15-16H2,1-3H3,(H,30,33)/t24-,25-/m0/s1. The van der Waals surface area contributed by atoms with Gasteiger partial charge in [-0.05, 0) is 54.2 Å². The molecular formula is C27H32N4O3. The number of rotatable bonds is 7. The Balaban J connectivity index is 1.39. The Bertz CT molecular complexity index is 1080. The molecule has 2 aliphatic rings. The van der Waals surface area contributed by atoms with Gasteiger partial charge in [0.1, 0.15) is 6.04 Å². The van der Waals surface area contributed by atoms with Crippen molar-refractivity contribution in [1.29, 1.82) is 0 Å². The number of alkyl carbamates (subject to hydrolysis) is 1. The Morgan fingerprint density at radius 3 is 2.44 bits per heavy atom. The first kappa shape index (κ1) is 23.5. The molecule has 0 bridgehead atoms. The van der Waals surface area contributed by atoms with E-state index in [4.69, 9.17) is 9.73 Å². The summed E-state index contributed by atoms with van der Waals surface area (Å²) in [4.78, 5) is 31.7. The Morgan fingerprint density at radius 1 is 1.06 bits per heavy atom. The topological polar surface area (TPSA) is 83.0 Å². The fourth-order valence-electron chi connectivity index (χ4n) is 4.54. The van der Waals surface area contributed by atoms with E-state index in [1.165, 1.54) is 7.11 Å². The molecule has 0 aliphatic carbocycles. The molecule has 2 atom stereocenters. The molecule has 0 unspecified atom stereocenters. The van der Waals surface area contributed by atoms with Gasteiger partial charge in [-0.1, -0.05) is 44.2 Å². The molecule has 1 saturated heterocycles. The van der Waals surface area contributed by atoms with Gasteiger partial charge in [0.25, 0.3) is 0 Å². The quantitative estimate of drug-likeness (QED) is 0.610. The monoisotopic (exact) mass is 460 g/mol. The molecule has 178 valence electrons. The van der Waals surface area contributed by atoms with Crippen LogP contribution in [-0.2, 0) is 9.53 Å². The highest BCUT2D eigenvalue weighted by atomic mass is 16.5. The lowest BCUT2D eigenvalue weighted by molar-refractivity contribution is -0.134. The molecule has 2 N–H and O–H groups in total. The molecule has 7 heteroatoms. The second-order valence-corrected chi connectivity index (χ2v) is 9.07. The van der Waals surface area contributed by atoms with E-state index in [9.17, 15) is 9.59 Å². The van der Waals surface area contributed by atoms with Crippen LogP contribution in [0, 0.1) is 5.92 Å². The summed E-state index contributed by atoms with van der Waals surface area (Å²) in [6.45, 7) is 4.52. The van der Waals surface area contributed by atoms with E-state index in [1.54, 1.807) is 0 Å². The summed E-state index contributed by atoms with van der Waals surface area (Å²) in [6, 6.07) is 17.7. The van der Waals surface area contributed by atoms with Crippen molar-refractivity contribution in [3.8, 4) is 0 Å². The van der Waals surface area contributed by atoms with Gasteiger partial charge in [0.15, 0.2) is 0 Å². The lowest BCUT2D eigenvalue weighted by atomic mass is 9.97. The smallest absolute Gasteiger partial charge is 0.407 e. The van der Waals surface area contributed by atoms with Crippen LogP contribution in [0.25, 0.3) is 5.57 Å². The number of carbonyl (C=O) groups is 2. The zero-order valence-electron chi connectivity index (χ0n) is 20.0. The first-order valence-corrected chi connectivity index (χ1v) is 11.8. The lowest BCUT2D eigenvalue weighted by Crippen LogP contribution is -2.53.